The Kier molecular flexibility index (Phi) is 4.36. The first kappa shape index (κ1) is 17.9. The monoisotopic (exact) mass is 365 g/mol. The van der Waals surface area contributed by atoms with Crippen LogP contribution >= 0.6 is 0 Å². The second-order valence-electron chi connectivity index (χ2n) is 6.77. The molecule has 1 aromatic carbocycles. The molecule has 2 aliphatic rings. The van der Waals surface area contributed by atoms with Crippen LogP contribution in [0.5, 0.6) is 0 Å². The summed E-state index contributed by atoms with van der Waals surface area (Å²) in [7, 11) is -3.74. The summed E-state index contributed by atoms with van der Waals surface area (Å²) in [5.74, 6) is -0.464. The molecule has 2 saturated heterocycles. The van der Waals surface area contributed by atoms with Crippen LogP contribution in [-0.4, -0.2) is 61.7 Å². The van der Waals surface area contributed by atoms with Crippen LogP contribution < -0.4 is 5.32 Å². The van der Waals surface area contributed by atoms with Crippen molar-refractivity contribution in [2.45, 2.75) is 38.6 Å². The van der Waals surface area contributed by atoms with Gasteiger partial charge in [-0.2, -0.15) is 4.31 Å². The van der Waals surface area contributed by atoms with Crippen molar-refractivity contribution < 1.29 is 18.0 Å². The number of carbonyl (C=O) groups excluding carboxylic acids is 2. The number of hydrogen-bond donors (Lipinski definition) is 1. The molecule has 0 aromatic heterocycles. The fourth-order valence-corrected chi connectivity index (χ4v) is 5.59. The molecule has 0 aliphatic carbocycles. The van der Waals surface area contributed by atoms with E-state index >= 15 is 0 Å². The fraction of sp³-hybridized carbons (Fsp3) is 0.529. The Labute approximate surface area is 148 Å². The van der Waals surface area contributed by atoms with Gasteiger partial charge in [0.15, 0.2) is 0 Å². The van der Waals surface area contributed by atoms with Gasteiger partial charge in [-0.15, -0.1) is 0 Å². The topological polar surface area (TPSA) is 86.8 Å². The van der Waals surface area contributed by atoms with E-state index in [1.807, 2.05) is 33.8 Å². The van der Waals surface area contributed by atoms with Crippen molar-refractivity contribution in [1.82, 2.24) is 14.5 Å². The predicted molar refractivity (Wildman–Crippen MR) is 92.7 cm³/mol. The number of piperazine rings is 2. The van der Waals surface area contributed by atoms with Gasteiger partial charge in [0, 0.05) is 19.6 Å². The number of carbonyl (C=O) groups is 2. The van der Waals surface area contributed by atoms with Crippen LogP contribution in [0.2, 0.25) is 0 Å². The van der Waals surface area contributed by atoms with E-state index in [0.29, 0.717) is 4.90 Å². The van der Waals surface area contributed by atoms with Gasteiger partial charge < -0.3 is 10.2 Å². The van der Waals surface area contributed by atoms with Crippen LogP contribution in [0.3, 0.4) is 0 Å². The molecule has 3 rings (SSSR count). The minimum atomic E-state index is -3.74. The fourth-order valence-electron chi connectivity index (χ4n) is 3.58. The molecule has 2 amide bonds. The largest absolute Gasteiger partial charge is 0.345 e. The van der Waals surface area contributed by atoms with Gasteiger partial charge in [0.05, 0.1) is 11.4 Å². The number of nitrogens with one attached hydrogen (secondary N) is 1. The number of sulfonamides is 1. The lowest BCUT2D eigenvalue weighted by atomic mass is 10.0. The van der Waals surface area contributed by atoms with E-state index in [1.54, 1.807) is 0 Å². The number of amides is 2. The van der Waals surface area contributed by atoms with Crippen LogP contribution in [-0.2, 0) is 19.6 Å². The summed E-state index contributed by atoms with van der Waals surface area (Å²) in [6.07, 6.45) is 0. The first-order valence-electron chi connectivity index (χ1n) is 8.29. The van der Waals surface area contributed by atoms with Gasteiger partial charge in [0.25, 0.3) is 0 Å². The number of hydrogen-bond acceptors (Lipinski definition) is 4. The maximum atomic E-state index is 13.3. The molecular formula is C17H23N3O4S. The molecule has 1 atom stereocenters. The highest BCUT2D eigenvalue weighted by Crippen LogP contribution is 2.30. The van der Waals surface area contributed by atoms with Gasteiger partial charge in [0.2, 0.25) is 21.8 Å². The Morgan fingerprint density at radius 3 is 2.24 bits per heavy atom. The molecular weight excluding hydrogens is 342 g/mol. The minimum Gasteiger partial charge on any atom is -0.345 e. The highest BCUT2D eigenvalue weighted by atomic mass is 32.2. The normalized spacial score (nSPS) is 21.9. The molecule has 1 unspecified atom stereocenters. The van der Waals surface area contributed by atoms with Gasteiger partial charge in [-0.05, 0) is 49.9 Å². The van der Waals surface area contributed by atoms with Crippen LogP contribution in [0, 0.1) is 27.7 Å². The lowest BCUT2D eigenvalue weighted by molar-refractivity contribution is -0.147. The van der Waals surface area contributed by atoms with Gasteiger partial charge in [-0.25, -0.2) is 8.42 Å². The molecule has 2 fully saturated rings. The second-order valence-corrected chi connectivity index (χ2v) is 8.65. The molecule has 0 radical (unpaired) electrons. The maximum Gasteiger partial charge on any atom is 0.244 e. The molecule has 0 saturated carbocycles. The molecule has 0 bridgehead atoms. The third kappa shape index (κ3) is 2.83. The third-order valence-corrected chi connectivity index (χ3v) is 7.41. The maximum absolute atomic E-state index is 13.3. The van der Waals surface area contributed by atoms with Crippen molar-refractivity contribution in [2.24, 2.45) is 0 Å². The zero-order valence-corrected chi connectivity index (χ0v) is 15.7. The van der Waals surface area contributed by atoms with Crippen molar-refractivity contribution in [3.05, 3.63) is 28.3 Å². The number of fused-ring (bicyclic) bond motifs is 1. The molecule has 8 heteroatoms. The second kappa shape index (κ2) is 6.10. The number of aryl methyl sites for hydroxylation is 2. The van der Waals surface area contributed by atoms with Crippen LogP contribution in [0.25, 0.3) is 0 Å². The average molecular weight is 365 g/mol. The molecule has 7 nitrogen and oxygen atoms in total. The Morgan fingerprint density at radius 1 is 1.04 bits per heavy atom. The highest BCUT2D eigenvalue weighted by Gasteiger charge is 2.42. The van der Waals surface area contributed by atoms with E-state index in [4.69, 9.17) is 0 Å². The van der Waals surface area contributed by atoms with Crippen molar-refractivity contribution in [3.63, 3.8) is 0 Å². The first-order valence-corrected chi connectivity index (χ1v) is 9.73. The first-order chi connectivity index (χ1) is 11.6. The van der Waals surface area contributed by atoms with Crippen LogP contribution in [0.1, 0.15) is 22.3 Å². The van der Waals surface area contributed by atoms with Crippen LogP contribution in [0.4, 0.5) is 0 Å². The van der Waals surface area contributed by atoms with E-state index < -0.39 is 16.1 Å². The zero-order valence-electron chi connectivity index (χ0n) is 14.9. The third-order valence-electron chi connectivity index (χ3n) is 5.28. The molecule has 0 spiro atoms. The molecule has 136 valence electrons. The van der Waals surface area contributed by atoms with E-state index in [9.17, 15) is 18.0 Å². The zero-order chi connectivity index (χ0) is 18.5. The summed E-state index contributed by atoms with van der Waals surface area (Å²) in [6.45, 7) is 7.81. The molecule has 2 aliphatic heterocycles. The lowest BCUT2D eigenvalue weighted by Crippen LogP contribution is -2.66. The quantitative estimate of drug-likeness (QED) is 0.814. The Balaban J connectivity index is 2.00. The summed E-state index contributed by atoms with van der Waals surface area (Å²) >= 11 is 0. The van der Waals surface area contributed by atoms with Gasteiger partial charge >= 0.3 is 0 Å². The van der Waals surface area contributed by atoms with Crippen molar-refractivity contribution in [3.8, 4) is 0 Å². The van der Waals surface area contributed by atoms with Crippen LogP contribution in [0.15, 0.2) is 11.0 Å². The van der Waals surface area contributed by atoms with E-state index in [-0.39, 0.29) is 38.0 Å². The SMILES string of the molecule is Cc1cc(C)c(C)c(S(=O)(=O)N2CCN3C(=O)CNC(=O)C3C2)c1C. The molecule has 25 heavy (non-hydrogen) atoms. The Hall–Kier alpha value is -1.93. The van der Waals surface area contributed by atoms with Crippen molar-refractivity contribution in [2.75, 3.05) is 26.2 Å². The number of rotatable bonds is 2. The Bertz CT molecular complexity index is 837. The van der Waals surface area contributed by atoms with Crippen molar-refractivity contribution >= 4 is 21.8 Å². The number of nitrogens with zero attached hydrogens (tertiary/aromatic N) is 2. The molecule has 1 aromatic rings. The molecule has 1 N–H and O–H groups in total. The van der Waals surface area contributed by atoms with Gasteiger partial charge in [0.1, 0.15) is 6.04 Å². The van der Waals surface area contributed by atoms with Gasteiger partial charge in [-0.1, -0.05) is 6.07 Å². The van der Waals surface area contributed by atoms with E-state index in [2.05, 4.69) is 5.32 Å². The van der Waals surface area contributed by atoms with Crippen molar-refractivity contribution in [1.29, 1.82) is 0 Å². The molecule has 2 heterocycles. The Morgan fingerprint density at radius 2 is 1.64 bits per heavy atom. The minimum absolute atomic E-state index is 0.00816. The lowest BCUT2D eigenvalue weighted by Gasteiger charge is -2.42. The van der Waals surface area contributed by atoms with E-state index in [0.717, 1.165) is 22.3 Å². The summed E-state index contributed by atoms with van der Waals surface area (Å²) in [5, 5.41) is 2.53. The smallest absolute Gasteiger partial charge is 0.244 e. The standard InChI is InChI=1S/C17H23N3O4S/c1-10-7-11(2)13(4)16(12(10)3)25(23,24)19-5-6-20-14(9-19)17(22)18-8-15(20)21/h7,14H,5-6,8-9H2,1-4H3,(H,18,22). The summed E-state index contributed by atoms with van der Waals surface area (Å²) < 4.78 is 27.9. The summed E-state index contributed by atoms with van der Waals surface area (Å²) in [5.41, 5.74) is 3.31. The number of benzene rings is 1. The predicted octanol–water partition coefficient (Wildman–Crippen LogP) is 0.252. The average Bonchev–Trinajstić information content (AvgIpc) is 2.56. The van der Waals surface area contributed by atoms with E-state index in [1.165, 1.54) is 9.21 Å². The van der Waals surface area contributed by atoms with Gasteiger partial charge in [-0.3, -0.25) is 9.59 Å². The summed E-state index contributed by atoms with van der Waals surface area (Å²) in [6, 6.07) is 1.23. The highest BCUT2D eigenvalue weighted by molar-refractivity contribution is 7.89. The summed E-state index contributed by atoms with van der Waals surface area (Å²) in [4.78, 5) is 25.8.